The highest BCUT2D eigenvalue weighted by Crippen LogP contribution is 2.19. The molecule has 3 heterocycles. The zero-order valence-electron chi connectivity index (χ0n) is 13.5. The van der Waals surface area contributed by atoms with Crippen LogP contribution in [0.2, 0.25) is 5.02 Å². The van der Waals surface area contributed by atoms with Crippen molar-refractivity contribution in [1.82, 2.24) is 19.9 Å². The number of hydrogen-bond acceptors (Lipinski definition) is 6. The Kier molecular flexibility index (Phi) is 5.41. The number of nitrogens with one attached hydrogen (secondary N) is 1. The highest BCUT2D eigenvalue weighted by molar-refractivity contribution is 6.30. The number of nitrogens with zero attached hydrogens (tertiary/aromatic N) is 5. The first-order valence-corrected chi connectivity index (χ1v) is 8.40. The molecule has 2 aromatic rings. The van der Waals surface area contributed by atoms with Crippen LogP contribution in [0.25, 0.3) is 0 Å². The van der Waals surface area contributed by atoms with Gasteiger partial charge >= 0.3 is 0 Å². The molecule has 1 N–H and O–H groups in total. The second-order valence-corrected chi connectivity index (χ2v) is 6.33. The minimum atomic E-state index is -0.0923. The first-order chi connectivity index (χ1) is 12.2. The van der Waals surface area contributed by atoms with E-state index in [1.54, 1.807) is 24.5 Å². The van der Waals surface area contributed by atoms with E-state index in [4.69, 9.17) is 16.9 Å². The Hall–Kier alpha value is -2.72. The van der Waals surface area contributed by atoms with Gasteiger partial charge in [0.25, 0.3) is 5.91 Å². The van der Waals surface area contributed by atoms with Gasteiger partial charge in [-0.25, -0.2) is 9.97 Å². The van der Waals surface area contributed by atoms with Crippen molar-refractivity contribution in [2.45, 2.75) is 12.8 Å². The number of anilines is 1. The Morgan fingerprint density at radius 2 is 2.28 bits per heavy atom. The molecule has 7 nitrogen and oxygen atoms in total. The van der Waals surface area contributed by atoms with Crippen LogP contribution in [0.1, 0.15) is 29.0 Å². The molecule has 0 saturated carbocycles. The van der Waals surface area contributed by atoms with Crippen LogP contribution in [0.4, 0.5) is 5.82 Å². The quantitative estimate of drug-likeness (QED) is 0.903. The standard InChI is InChI=1S/C17H17ClN6O/c18-13-3-4-20-15(6-13)17(25)24-5-1-2-12(11-24)8-22-16-10-21-14(7-19)9-23-16/h3-4,6,9-10,12H,1-2,5,8,11H2,(H,22,23). The Bertz CT molecular complexity index is 788. The maximum absolute atomic E-state index is 12.6. The van der Waals surface area contributed by atoms with Gasteiger partial charge in [0, 0.05) is 30.9 Å². The number of halogens is 1. The minimum Gasteiger partial charge on any atom is -0.368 e. The monoisotopic (exact) mass is 356 g/mol. The topological polar surface area (TPSA) is 94.8 Å². The molecule has 1 amide bonds. The summed E-state index contributed by atoms with van der Waals surface area (Å²) in [5.74, 6) is 0.846. The van der Waals surface area contributed by atoms with Gasteiger partial charge in [-0.2, -0.15) is 5.26 Å². The summed E-state index contributed by atoms with van der Waals surface area (Å²) in [6, 6.07) is 5.18. The van der Waals surface area contributed by atoms with Crippen LogP contribution in [0, 0.1) is 17.2 Å². The van der Waals surface area contributed by atoms with Crippen LogP contribution in [-0.4, -0.2) is 45.4 Å². The van der Waals surface area contributed by atoms with Crippen molar-refractivity contribution < 1.29 is 4.79 Å². The number of hydrogen-bond donors (Lipinski definition) is 1. The second-order valence-electron chi connectivity index (χ2n) is 5.90. The SMILES string of the molecule is N#Cc1cnc(NCC2CCCN(C(=O)c3cc(Cl)ccn3)C2)cn1. The maximum atomic E-state index is 12.6. The number of carbonyl (C=O) groups is 1. The fraction of sp³-hybridized carbons (Fsp3) is 0.353. The third-order valence-electron chi connectivity index (χ3n) is 4.09. The molecular weight excluding hydrogens is 340 g/mol. The first kappa shape index (κ1) is 17.1. The zero-order valence-corrected chi connectivity index (χ0v) is 14.3. The lowest BCUT2D eigenvalue weighted by Gasteiger charge is -2.32. The van der Waals surface area contributed by atoms with E-state index in [9.17, 15) is 4.79 Å². The van der Waals surface area contributed by atoms with Gasteiger partial charge in [-0.1, -0.05) is 11.6 Å². The molecule has 128 valence electrons. The number of aromatic nitrogens is 3. The Labute approximate surface area is 150 Å². The molecule has 1 fully saturated rings. The van der Waals surface area contributed by atoms with Gasteiger partial charge in [0.05, 0.1) is 12.4 Å². The summed E-state index contributed by atoms with van der Waals surface area (Å²) in [4.78, 5) is 26.6. The number of amides is 1. The lowest BCUT2D eigenvalue weighted by atomic mass is 9.97. The molecule has 2 aromatic heterocycles. The van der Waals surface area contributed by atoms with Crippen LogP contribution < -0.4 is 5.32 Å². The Balaban J connectivity index is 1.57. The van der Waals surface area contributed by atoms with E-state index in [0.717, 1.165) is 19.4 Å². The highest BCUT2D eigenvalue weighted by Gasteiger charge is 2.25. The van der Waals surface area contributed by atoms with Crippen molar-refractivity contribution in [1.29, 1.82) is 5.26 Å². The lowest BCUT2D eigenvalue weighted by Crippen LogP contribution is -2.42. The van der Waals surface area contributed by atoms with Crippen molar-refractivity contribution >= 4 is 23.3 Å². The average Bonchev–Trinajstić information content (AvgIpc) is 2.66. The number of rotatable bonds is 4. The van der Waals surface area contributed by atoms with E-state index in [1.807, 2.05) is 11.0 Å². The van der Waals surface area contributed by atoms with Crippen molar-refractivity contribution in [3.8, 4) is 6.07 Å². The van der Waals surface area contributed by atoms with Gasteiger partial charge in [-0.05, 0) is 30.9 Å². The van der Waals surface area contributed by atoms with Crippen molar-refractivity contribution in [2.24, 2.45) is 5.92 Å². The van der Waals surface area contributed by atoms with E-state index in [0.29, 0.717) is 35.5 Å². The summed E-state index contributed by atoms with van der Waals surface area (Å²) >= 11 is 5.94. The largest absolute Gasteiger partial charge is 0.368 e. The fourth-order valence-electron chi connectivity index (χ4n) is 2.83. The summed E-state index contributed by atoms with van der Waals surface area (Å²) in [6.45, 7) is 2.07. The molecule has 8 heteroatoms. The van der Waals surface area contributed by atoms with Crippen LogP contribution in [0.3, 0.4) is 0 Å². The maximum Gasteiger partial charge on any atom is 0.272 e. The number of likely N-dealkylation sites (tertiary alicyclic amines) is 1. The van der Waals surface area contributed by atoms with Gasteiger partial charge in [-0.15, -0.1) is 0 Å². The molecule has 1 aliphatic heterocycles. The summed E-state index contributed by atoms with van der Waals surface area (Å²) in [7, 11) is 0. The molecule has 1 saturated heterocycles. The van der Waals surface area contributed by atoms with E-state index in [-0.39, 0.29) is 11.6 Å². The van der Waals surface area contributed by atoms with Gasteiger partial charge in [0.2, 0.25) is 0 Å². The predicted molar refractivity (Wildman–Crippen MR) is 93.1 cm³/mol. The summed E-state index contributed by atoms with van der Waals surface area (Å²) in [5, 5.41) is 12.5. The van der Waals surface area contributed by atoms with Gasteiger partial charge in [0.1, 0.15) is 17.6 Å². The Morgan fingerprint density at radius 1 is 1.40 bits per heavy atom. The van der Waals surface area contributed by atoms with E-state index in [1.165, 1.54) is 6.20 Å². The number of nitriles is 1. The third-order valence-corrected chi connectivity index (χ3v) is 4.32. The highest BCUT2D eigenvalue weighted by atomic mass is 35.5. The lowest BCUT2D eigenvalue weighted by molar-refractivity contribution is 0.0674. The number of pyridine rings is 1. The molecule has 3 rings (SSSR count). The molecule has 0 spiro atoms. The molecule has 0 bridgehead atoms. The van der Waals surface area contributed by atoms with Crippen molar-refractivity contribution in [2.75, 3.05) is 25.0 Å². The van der Waals surface area contributed by atoms with E-state index >= 15 is 0 Å². The summed E-state index contributed by atoms with van der Waals surface area (Å²) in [6.07, 6.45) is 6.49. The molecular formula is C17H17ClN6O. The number of piperidine rings is 1. The summed E-state index contributed by atoms with van der Waals surface area (Å²) < 4.78 is 0. The predicted octanol–water partition coefficient (Wildman–Crippen LogP) is 2.36. The number of carbonyl (C=O) groups excluding carboxylic acids is 1. The Morgan fingerprint density at radius 3 is 3.00 bits per heavy atom. The first-order valence-electron chi connectivity index (χ1n) is 8.02. The van der Waals surface area contributed by atoms with Crippen molar-refractivity contribution in [3.63, 3.8) is 0 Å². The molecule has 0 aliphatic carbocycles. The molecule has 0 radical (unpaired) electrons. The van der Waals surface area contributed by atoms with Gasteiger partial charge in [0.15, 0.2) is 5.69 Å². The van der Waals surface area contributed by atoms with Crippen LogP contribution in [-0.2, 0) is 0 Å². The molecule has 1 aliphatic rings. The molecule has 0 aromatic carbocycles. The second kappa shape index (κ2) is 7.90. The smallest absolute Gasteiger partial charge is 0.272 e. The van der Waals surface area contributed by atoms with E-state index in [2.05, 4.69) is 20.3 Å². The van der Waals surface area contributed by atoms with Gasteiger partial charge in [-0.3, -0.25) is 9.78 Å². The average molecular weight is 357 g/mol. The zero-order chi connectivity index (χ0) is 17.6. The van der Waals surface area contributed by atoms with Gasteiger partial charge < -0.3 is 10.2 Å². The van der Waals surface area contributed by atoms with Crippen LogP contribution in [0.15, 0.2) is 30.7 Å². The summed E-state index contributed by atoms with van der Waals surface area (Å²) in [5.41, 5.74) is 0.660. The minimum absolute atomic E-state index is 0.0923. The van der Waals surface area contributed by atoms with Crippen molar-refractivity contribution in [3.05, 3.63) is 47.1 Å². The van der Waals surface area contributed by atoms with Crippen LogP contribution >= 0.6 is 11.6 Å². The van der Waals surface area contributed by atoms with Crippen LogP contribution in [0.5, 0.6) is 0 Å². The molecule has 25 heavy (non-hydrogen) atoms. The molecule has 1 atom stereocenters. The third kappa shape index (κ3) is 4.43. The van der Waals surface area contributed by atoms with E-state index < -0.39 is 0 Å². The fourth-order valence-corrected chi connectivity index (χ4v) is 2.99. The molecule has 1 unspecified atom stereocenters. The normalized spacial score (nSPS) is 17.0.